The number of hydrogen-bond donors (Lipinski definition) is 0. The van der Waals surface area contributed by atoms with Crippen LogP contribution in [0.2, 0.25) is 0 Å². The highest BCUT2D eigenvalue weighted by Gasteiger charge is 2.13. The normalized spacial score (nSPS) is 10.8. The van der Waals surface area contributed by atoms with Crippen LogP contribution in [0.15, 0.2) is 67.0 Å². The molecule has 0 saturated carbocycles. The molecule has 2 heteroatoms. The van der Waals surface area contributed by atoms with Crippen molar-refractivity contribution in [2.75, 3.05) is 0 Å². The molecule has 2 nitrogen and oxygen atoms in total. The molecule has 0 aliphatic rings. The van der Waals surface area contributed by atoms with E-state index < -0.39 is 0 Å². The molecule has 3 rings (SSSR count). The second kappa shape index (κ2) is 5.96. The van der Waals surface area contributed by atoms with Gasteiger partial charge < -0.3 is 0 Å². The lowest BCUT2D eigenvalue weighted by Crippen LogP contribution is -2.36. The number of hydrogen-bond acceptors (Lipinski definition) is 0. The highest BCUT2D eigenvalue weighted by molar-refractivity contribution is 5.31. The van der Waals surface area contributed by atoms with E-state index in [1.54, 1.807) is 0 Å². The molecule has 21 heavy (non-hydrogen) atoms. The summed E-state index contributed by atoms with van der Waals surface area (Å²) in [5.41, 5.74) is 4.01. The molecule has 0 bridgehead atoms. The second-order valence-electron chi connectivity index (χ2n) is 5.42. The van der Waals surface area contributed by atoms with Crippen LogP contribution in [-0.4, -0.2) is 4.57 Å². The molecule has 0 spiro atoms. The van der Waals surface area contributed by atoms with Gasteiger partial charge in [-0.05, 0) is 30.2 Å². The summed E-state index contributed by atoms with van der Waals surface area (Å²) in [6.45, 7) is 5.36. The van der Waals surface area contributed by atoms with Crippen molar-refractivity contribution in [1.29, 1.82) is 0 Å². The van der Waals surface area contributed by atoms with E-state index in [2.05, 4.69) is 90.0 Å². The molecule has 0 fully saturated rings. The Balaban J connectivity index is 1.79. The van der Waals surface area contributed by atoms with Crippen LogP contribution in [0.1, 0.15) is 17.0 Å². The number of nitrogens with zero attached hydrogens (tertiary/aromatic N) is 2. The van der Waals surface area contributed by atoms with Gasteiger partial charge in [0.25, 0.3) is 5.82 Å². The summed E-state index contributed by atoms with van der Waals surface area (Å²) in [7, 11) is 0. The summed E-state index contributed by atoms with van der Waals surface area (Å²) < 4.78 is 4.55. The number of benzene rings is 2. The van der Waals surface area contributed by atoms with Crippen molar-refractivity contribution < 1.29 is 4.57 Å². The van der Waals surface area contributed by atoms with Crippen LogP contribution in [0.25, 0.3) is 5.69 Å². The van der Waals surface area contributed by atoms with Crippen LogP contribution in [0, 0.1) is 13.8 Å². The van der Waals surface area contributed by atoms with Crippen LogP contribution < -0.4 is 4.57 Å². The van der Waals surface area contributed by atoms with E-state index in [-0.39, 0.29) is 0 Å². The van der Waals surface area contributed by atoms with E-state index in [9.17, 15) is 0 Å². The van der Waals surface area contributed by atoms with Crippen molar-refractivity contribution in [2.24, 2.45) is 0 Å². The predicted molar refractivity (Wildman–Crippen MR) is 85.6 cm³/mol. The highest BCUT2D eigenvalue weighted by atomic mass is 15.1. The summed E-state index contributed by atoms with van der Waals surface area (Å²) in [4.78, 5) is 0. The summed E-state index contributed by atoms with van der Waals surface area (Å²) in [5.74, 6) is 1.26. The van der Waals surface area contributed by atoms with E-state index in [4.69, 9.17) is 0 Å². The molecular weight excluding hydrogens is 256 g/mol. The van der Waals surface area contributed by atoms with Crippen LogP contribution in [0.5, 0.6) is 0 Å². The first-order chi connectivity index (χ1) is 10.3. The first-order valence-corrected chi connectivity index (χ1v) is 7.43. The van der Waals surface area contributed by atoms with Gasteiger partial charge in [0.15, 0.2) is 0 Å². The minimum atomic E-state index is 1.01. The van der Waals surface area contributed by atoms with Gasteiger partial charge in [-0.1, -0.05) is 42.5 Å². The fraction of sp³-hybridized carbons (Fsp3) is 0.211. The zero-order valence-corrected chi connectivity index (χ0v) is 12.7. The molecule has 0 unspecified atom stereocenters. The van der Waals surface area contributed by atoms with Gasteiger partial charge in [-0.3, -0.25) is 0 Å². The first-order valence-electron chi connectivity index (χ1n) is 7.43. The molecule has 2 aromatic carbocycles. The molecule has 106 valence electrons. The van der Waals surface area contributed by atoms with Crippen molar-refractivity contribution in [1.82, 2.24) is 4.57 Å². The molecular formula is C19H21N2+. The number of rotatable bonds is 4. The fourth-order valence-electron chi connectivity index (χ4n) is 2.73. The summed E-state index contributed by atoms with van der Waals surface area (Å²) in [6, 6.07) is 19.1. The predicted octanol–water partition coefficient (Wildman–Crippen LogP) is 3.62. The number of imidazole rings is 1. The largest absolute Gasteiger partial charge is 0.258 e. The van der Waals surface area contributed by atoms with Gasteiger partial charge in [0.05, 0.1) is 6.54 Å². The standard InChI is InChI=1S/C19H21N2/c1-16-8-6-7-9-18(16)12-13-20-14-15-21(17(20)2)19-10-4-3-5-11-19/h3-11,14-15H,12-13H2,1-2H3/q+1. The maximum atomic E-state index is 2.32. The number of aromatic nitrogens is 2. The number of para-hydroxylation sites is 1. The van der Waals surface area contributed by atoms with E-state index in [1.807, 2.05) is 0 Å². The lowest BCUT2D eigenvalue weighted by Gasteiger charge is -2.04. The second-order valence-corrected chi connectivity index (χ2v) is 5.42. The van der Waals surface area contributed by atoms with E-state index in [0.29, 0.717) is 0 Å². The lowest BCUT2D eigenvalue weighted by molar-refractivity contribution is -0.701. The molecule has 0 aliphatic heterocycles. The summed E-state index contributed by atoms with van der Waals surface area (Å²) in [6.07, 6.45) is 5.38. The van der Waals surface area contributed by atoms with Crippen molar-refractivity contribution >= 4 is 0 Å². The molecule has 1 aromatic heterocycles. The summed E-state index contributed by atoms with van der Waals surface area (Å²) in [5, 5.41) is 0. The SMILES string of the molecule is Cc1ccccc1CC[n+]1ccn(-c2ccccc2)c1C. The molecule has 3 aromatic rings. The van der Waals surface area contributed by atoms with E-state index in [0.717, 1.165) is 13.0 Å². The van der Waals surface area contributed by atoms with Gasteiger partial charge in [0.2, 0.25) is 0 Å². The van der Waals surface area contributed by atoms with Crippen LogP contribution in [0.4, 0.5) is 0 Å². The molecule has 0 radical (unpaired) electrons. The quantitative estimate of drug-likeness (QED) is 0.644. The van der Waals surface area contributed by atoms with Gasteiger partial charge in [-0.2, -0.15) is 0 Å². The van der Waals surface area contributed by atoms with Crippen LogP contribution >= 0.6 is 0 Å². The Morgan fingerprint density at radius 1 is 0.905 bits per heavy atom. The fourth-order valence-corrected chi connectivity index (χ4v) is 2.73. The third kappa shape index (κ3) is 2.89. The topological polar surface area (TPSA) is 8.81 Å². The van der Waals surface area contributed by atoms with E-state index in [1.165, 1.54) is 22.6 Å². The molecule has 0 N–H and O–H groups in total. The van der Waals surface area contributed by atoms with Gasteiger partial charge in [0, 0.05) is 13.3 Å². The van der Waals surface area contributed by atoms with Crippen molar-refractivity contribution in [2.45, 2.75) is 26.8 Å². The Bertz CT molecular complexity index is 726. The molecule has 1 heterocycles. The van der Waals surface area contributed by atoms with Crippen LogP contribution in [-0.2, 0) is 13.0 Å². The minimum absolute atomic E-state index is 1.01. The lowest BCUT2D eigenvalue weighted by atomic mass is 10.1. The third-order valence-electron chi connectivity index (χ3n) is 4.08. The Labute approximate surface area is 126 Å². The molecule has 0 atom stereocenters. The van der Waals surface area contributed by atoms with Gasteiger partial charge in [0.1, 0.15) is 18.1 Å². The highest BCUT2D eigenvalue weighted by Crippen LogP contribution is 2.10. The van der Waals surface area contributed by atoms with Crippen molar-refractivity contribution in [3.05, 3.63) is 83.9 Å². The zero-order valence-electron chi connectivity index (χ0n) is 12.7. The zero-order chi connectivity index (χ0) is 14.7. The van der Waals surface area contributed by atoms with Crippen molar-refractivity contribution in [3.63, 3.8) is 0 Å². The van der Waals surface area contributed by atoms with Gasteiger partial charge >= 0.3 is 0 Å². The maximum Gasteiger partial charge on any atom is 0.258 e. The molecule has 0 amide bonds. The van der Waals surface area contributed by atoms with Gasteiger partial charge in [-0.15, -0.1) is 0 Å². The molecule has 0 saturated heterocycles. The van der Waals surface area contributed by atoms with Gasteiger partial charge in [-0.25, -0.2) is 9.13 Å². The monoisotopic (exact) mass is 277 g/mol. The Kier molecular flexibility index (Phi) is 3.87. The Morgan fingerprint density at radius 3 is 2.38 bits per heavy atom. The summed E-state index contributed by atoms with van der Waals surface area (Å²) >= 11 is 0. The Hall–Kier alpha value is -2.35. The third-order valence-corrected chi connectivity index (χ3v) is 4.08. The Morgan fingerprint density at radius 2 is 1.62 bits per heavy atom. The van der Waals surface area contributed by atoms with Crippen LogP contribution in [0.3, 0.4) is 0 Å². The average molecular weight is 277 g/mol. The maximum absolute atomic E-state index is 2.32. The van der Waals surface area contributed by atoms with E-state index >= 15 is 0 Å². The number of aryl methyl sites for hydroxylation is 3. The minimum Gasteiger partial charge on any atom is -0.234 e. The van der Waals surface area contributed by atoms with Crippen molar-refractivity contribution in [3.8, 4) is 5.69 Å². The average Bonchev–Trinajstić information content (AvgIpc) is 2.88. The molecule has 0 aliphatic carbocycles. The first kappa shape index (κ1) is 13.6. The smallest absolute Gasteiger partial charge is 0.234 e.